The Kier molecular flexibility index (Phi) is 4.42. The Morgan fingerprint density at radius 2 is 1.89 bits per heavy atom. The number of hydrogen-bond acceptors (Lipinski definition) is 5. The van der Waals surface area contributed by atoms with E-state index in [1.54, 1.807) is 6.07 Å². The van der Waals surface area contributed by atoms with Gasteiger partial charge in [-0.25, -0.2) is 0 Å². The molecular formula is C21H24N4O2S. The number of H-pyrrole nitrogens is 1. The molecule has 28 heavy (non-hydrogen) atoms. The molecule has 1 aliphatic rings. The highest BCUT2D eigenvalue weighted by atomic mass is 32.1. The molecule has 3 aromatic rings. The number of aromatic amines is 1. The number of aryl methyl sites for hydroxylation is 1. The summed E-state index contributed by atoms with van der Waals surface area (Å²) >= 11 is 5.49. The lowest BCUT2D eigenvalue weighted by atomic mass is 9.98. The number of hydrogen-bond donors (Lipinski definition) is 3. The van der Waals surface area contributed by atoms with E-state index in [-0.39, 0.29) is 11.5 Å². The van der Waals surface area contributed by atoms with Crippen molar-refractivity contribution in [2.24, 2.45) is 0 Å². The van der Waals surface area contributed by atoms with Gasteiger partial charge in [-0.3, -0.25) is 9.67 Å². The van der Waals surface area contributed by atoms with Gasteiger partial charge in [-0.2, -0.15) is 5.10 Å². The van der Waals surface area contributed by atoms with Crippen molar-refractivity contribution in [3.8, 4) is 28.6 Å². The minimum absolute atomic E-state index is 0.0344. The smallest absolute Gasteiger partial charge is 0.200 e. The van der Waals surface area contributed by atoms with Crippen molar-refractivity contribution in [2.75, 3.05) is 11.9 Å². The number of phenolic OH excluding ortho intramolecular Hbond substituents is 2. The van der Waals surface area contributed by atoms with Gasteiger partial charge in [-0.05, 0) is 61.0 Å². The fraction of sp³-hybridized carbons (Fsp3) is 0.333. The first kappa shape index (κ1) is 18.6. The van der Waals surface area contributed by atoms with Crippen LogP contribution in [-0.4, -0.2) is 38.1 Å². The van der Waals surface area contributed by atoms with Crippen LogP contribution in [0.25, 0.3) is 17.1 Å². The number of anilines is 1. The van der Waals surface area contributed by atoms with Gasteiger partial charge in [0.05, 0.1) is 11.3 Å². The molecule has 2 aromatic carbocycles. The van der Waals surface area contributed by atoms with Gasteiger partial charge in [-0.15, -0.1) is 0 Å². The van der Waals surface area contributed by atoms with Gasteiger partial charge in [0.2, 0.25) is 0 Å². The second-order valence-electron chi connectivity index (χ2n) is 7.42. The van der Waals surface area contributed by atoms with Crippen molar-refractivity contribution >= 4 is 17.9 Å². The Hall–Kier alpha value is -2.80. The van der Waals surface area contributed by atoms with Crippen molar-refractivity contribution in [2.45, 2.75) is 39.2 Å². The topological polar surface area (TPSA) is 77.3 Å². The average Bonchev–Trinajstić information content (AvgIpc) is 3.15. The number of aromatic nitrogens is 3. The lowest BCUT2D eigenvalue weighted by Gasteiger charge is -2.20. The zero-order chi connectivity index (χ0) is 20.2. The minimum Gasteiger partial charge on any atom is -0.508 e. The molecule has 7 heteroatoms. The summed E-state index contributed by atoms with van der Waals surface area (Å²) < 4.78 is 2.28. The largest absolute Gasteiger partial charge is 0.508 e. The molecule has 2 atom stereocenters. The first-order valence-electron chi connectivity index (χ1n) is 9.43. The highest BCUT2D eigenvalue weighted by molar-refractivity contribution is 7.71. The molecule has 0 spiro atoms. The van der Waals surface area contributed by atoms with E-state index in [4.69, 9.17) is 12.2 Å². The number of aromatic hydroxyl groups is 2. The molecule has 1 aromatic heterocycles. The Bertz CT molecular complexity index is 1120. The molecule has 0 saturated heterocycles. The van der Waals surface area contributed by atoms with Crippen LogP contribution in [0.2, 0.25) is 0 Å². The summed E-state index contributed by atoms with van der Waals surface area (Å²) in [4.78, 5) is 2.29. The SMILES string of the molecule is CCc1cc(-c2n[nH]c(=S)n2-c2ccc3c(c2)C(C)C(C)N3C)c(O)cc1O. The van der Waals surface area contributed by atoms with Crippen LogP contribution in [-0.2, 0) is 6.42 Å². The molecular weight excluding hydrogens is 372 g/mol. The van der Waals surface area contributed by atoms with Gasteiger partial charge in [-0.1, -0.05) is 13.8 Å². The van der Waals surface area contributed by atoms with E-state index in [0.717, 1.165) is 11.3 Å². The number of benzene rings is 2. The lowest BCUT2D eigenvalue weighted by Crippen LogP contribution is -2.25. The van der Waals surface area contributed by atoms with Crippen molar-refractivity contribution < 1.29 is 10.2 Å². The Labute approximate surface area is 169 Å². The van der Waals surface area contributed by atoms with Crippen molar-refractivity contribution in [1.82, 2.24) is 14.8 Å². The average molecular weight is 397 g/mol. The second kappa shape index (κ2) is 6.67. The van der Waals surface area contributed by atoms with E-state index < -0.39 is 0 Å². The first-order valence-corrected chi connectivity index (χ1v) is 9.84. The number of rotatable bonds is 3. The van der Waals surface area contributed by atoms with Crippen LogP contribution >= 0.6 is 12.2 Å². The summed E-state index contributed by atoms with van der Waals surface area (Å²) in [6, 6.07) is 9.82. The summed E-state index contributed by atoms with van der Waals surface area (Å²) in [7, 11) is 2.11. The van der Waals surface area contributed by atoms with E-state index in [2.05, 4.69) is 48.1 Å². The minimum atomic E-state index is -0.0344. The van der Waals surface area contributed by atoms with E-state index >= 15 is 0 Å². The Morgan fingerprint density at radius 3 is 2.61 bits per heavy atom. The van der Waals surface area contributed by atoms with Gasteiger partial charge in [0.25, 0.3) is 0 Å². The predicted molar refractivity (Wildman–Crippen MR) is 113 cm³/mol. The molecule has 0 aliphatic carbocycles. The highest BCUT2D eigenvalue weighted by Crippen LogP contribution is 2.41. The highest BCUT2D eigenvalue weighted by Gasteiger charge is 2.30. The van der Waals surface area contributed by atoms with E-state index in [0.29, 0.717) is 34.5 Å². The van der Waals surface area contributed by atoms with E-state index in [9.17, 15) is 10.2 Å². The summed E-state index contributed by atoms with van der Waals surface area (Å²) in [6.45, 7) is 6.40. The zero-order valence-corrected chi connectivity index (χ0v) is 17.2. The van der Waals surface area contributed by atoms with Gasteiger partial charge in [0.1, 0.15) is 11.5 Å². The standard InChI is InChI=1S/C21H24N4O2S/c1-5-13-8-16(19(27)10-18(13)26)20-22-23-21(28)25(20)14-6-7-17-15(9-14)11(2)12(3)24(17)4/h6-12,26-27H,5H2,1-4H3,(H,23,28). The predicted octanol–water partition coefficient (Wildman–Crippen LogP) is 4.51. The van der Waals surface area contributed by atoms with Crippen LogP contribution in [0.5, 0.6) is 11.5 Å². The third-order valence-electron chi connectivity index (χ3n) is 5.97. The van der Waals surface area contributed by atoms with E-state index in [1.807, 2.05) is 17.6 Å². The number of nitrogens with one attached hydrogen (secondary N) is 1. The van der Waals surface area contributed by atoms with Crippen LogP contribution in [0.1, 0.15) is 37.8 Å². The van der Waals surface area contributed by atoms with Crippen LogP contribution < -0.4 is 4.90 Å². The quantitative estimate of drug-likeness (QED) is 0.568. The summed E-state index contributed by atoms with van der Waals surface area (Å²) in [5.74, 6) is 0.961. The zero-order valence-electron chi connectivity index (χ0n) is 16.4. The Morgan fingerprint density at radius 1 is 1.14 bits per heavy atom. The van der Waals surface area contributed by atoms with Crippen molar-refractivity contribution in [3.05, 3.63) is 46.2 Å². The molecule has 0 bridgehead atoms. The molecule has 0 radical (unpaired) electrons. The van der Waals surface area contributed by atoms with E-state index in [1.165, 1.54) is 17.3 Å². The molecule has 146 valence electrons. The Balaban J connectivity index is 1.90. The number of phenols is 2. The lowest BCUT2D eigenvalue weighted by molar-refractivity contribution is 0.447. The molecule has 0 amide bonds. The molecule has 0 fully saturated rings. The maximum absolute atomic E-state index is 10.4. The van der Waals surface area contributed by atoms with Gasteiger partial charge in [0, 0.05) is 30.8 Å². The maximum atomic E-state index is 10.4. The number of fused-ring (bicyclic) bond motifs is 1. The van der Waals surface area contributed by atoms with Gasteiger partial charge in [0.15, 0.2) is 10.6 Å². The molecule has 2 heterocycles. The molecule has 1 aliphatic heterocycles. The third kappa shape index (κ3) is 2.69. The summed E-state index contributed by atoms with van der Waals surface area (Å²) in [6.07, 6.45) is 0.644. The third-order valence-corrected chi connectivity index (χ3v) is 6.24. The number of likely N-dealkylation sites (N-methyl/N-ethyl adjacent to an activating group) is 1. The summed E-state index contributed by atoms with van der Waals surface area (Å²) in [5, 5.41) is 27.7. The van der Waals surface area contributed by atoms with Gasteiger partial charge >= 0.3 is 0 Å². The number of nitrogens with zero attached hydrogens (tertiary/aromatic N) is 3. The normalized spacial score (nSPS) is 18.5. The fourth-order valence-electron chi connectivity index (χ4n) is 3.98. The van der Waals surface area contributed by atoms with Crippen molar-refractivity contribution in [1.29, 1.82) is 0 Å². The van der Waals surface area contributed by atoms with Crippen LogP contribution in [0, 0.1) is 4.77 Å². The molecule has 0 saturated carbocycles. The first-order chi connectivity index (χ1) is 13.3. The molecule has 4 rings (SSSR count). The molecule has 3 N–H and O–H groups in total. The fourth-order valence-corrected chi connectivity index (χ4v) is 4.22. The van der Waals surface area contributed by atoms with Crippen LogP contribution in [0.4, 0.5) is 5.69 Å². The monoisotopic (exact) mass is 396 g/mol. The van der Waals surface area contributed by atoms with Gasteiger partial charge < -0.3 is 15.1 Å². The molecule has 2 unspecified atom stereocenters. The van der Waals surface area contributed by atoms with Crippen LogP contribution in [0.15, 0.2) is 30.3 Å². The summed E-state index contributed by atoms with van der Waals surface area (Å²) in [5.41, 5.74) is 4.66. The van der Waals surface area contributed by atoms with Crippen LogP contribution in [0.3, 0.4) is 0 Å². The van der Waals surface area contributed by atoms with Crippen molar-refractivity contribution in [3.63, 3.8) is 0 Å². The maximum Gasteiger partial charge on any atom is 0.200 e. The second-order valence-corrected chi connectivity index (χ2v) is 7.81. The molecule has 6 nitrogen and oxygen atoms in total.